The van der Waals surface area contributed by atoms with Gasteiger partial charge in [-0.1, -0.05) is 25.4 Å². The van der Waals surface area contributed by atoms with Gasteiger partial charge in [0.05, 0.1) is 24.8 Å². The van der Waals surface area contributed by atoms with Crippen LogP contribution in [-0.2, 0) is 4.74 Å². The standard InChI is InChI=1S/C15H23ClN2O4/c1-10(2)8-22-9-12(19)7-17-15(20)18-11-4-5-14(21-3)13(16)6-11/h4-6,10,12,19H,7-9H2,1-3H3,(H2,17,18,20). The number of aliphatic hydroxyl groups excluding tert-OH is 1. The number of halogens is 1. The molecular weight excluding hydrogens is 308 g/mol. The highest BCUT2D eigenvalue weighted by molar-refractivity contribution is 6.32. The van der Waals surface area contributed by atoms with Gasteiger partial charge in [0.1, 0.15) is 5.75 Å². The maximum Gasteiger partial charge on any atom is 0.319 e. The first kappa shape index (κ1) is 18.5. The van der Waals surface area contributed by atoms with Crippen molar-refractivity contribution in [2.24, 2.45) is 5.92 Å². The molecule has 6 nitrogen and oxygen atoms in total. The number of nitrogens with one attached hydrogen (secondary N) is 2. The Bertz CT molecular complexity index is 483. The topological polar surface area (TPSA) is 79.8 Å². The van der Waals surface area contributed by atoms with Crippen molar-refractivity contribution in [2.45, 2.75) is 20.0 Å². The average Bonchev–Trinajstić information content (AvgIpc) is 2.45. The molecule has 0 saturated carbocycles. The van der Waals surface area contributed by atoms with Gasteiger partial charge in [-0.3, -0.25) is 0 Å². The van der Waals surface area contributed by atoms with Crippen molar-refractivity contribution in [3.05, 3.63) is 23.2 Å². The number of carbonyl (C=O) groups is 1. The maximum absolute atomic E-state index is 11.7. The highest BCUT2D eigenvalue weighted by Crippen LogP contribution is 2.27. The molecule has 3 N–H and O–H groups in total. The number of hydrogen-bond donors (Lipinski definition) is 3. The molecule has 0 spiro atoms. The molecule has 1 unspecified atom stereocenters. The lowest BCUT2D eigenvalue weighted by Crippen LogP contribution is -2.37. The first-order valence-corrected chi connectivity index (χ1v) is 7.44. The Morgan fingerprint density at radius 2 is 2.09 bits per heavy atom. The van der Waals surface area contributed by atoms with Gasteiger partial charge in [0.25, 0.3) is 0 Å². The summed E-state index contributed by atoms with van der Waals surface area (Å²) >= 11 is 5.97. The fourth-order valence-corrected chi connectivity index (χ4v) is 1.89. The number of hydrogen-bond acceptors (Lipinski definition) is 4. The Morgan fingerprint density at radius 3 is 2.68 bits per heavy atom. The molecule has 2 amide bonds. The highest BCUT2D eigenvalue weighted by Gasteiger charge is 2.09. The summed E-state index contributed by atoms with van der Waals surface area (Å²) in [6.45, 7) is 4.92. The van der Waals surface area contributed by atoms with Crippen molar-refractivity contribution in [3.63, 3.8) is 0 Å². The van der Waals surface area contributed by atoms with E-state index in [9.17, 15) is 9.90 Å². The Morgan fingerprint density at radius 1 is 1.36 bits per heavy atom. The molecular formula is C15H23ClN2O4. The summed E-state index contributed by atoms with van der Waals surface area (Å²) in [5.74, 6) is 0.939. The van der Waals surface area contributed by atoms with Crippen molar-refractivity contribution >= 4 is 23.3 Å². The molecule has 0 aliphatic carbocycles. The molecule has 0 radical (unpaired) electrons. The third-order valence-electron chi connectivity index (χ3n) is 2.67. The van der Waals surface area contributed by atoms with E-state index in [-0.39, 0.29) is 13.2 Å². The summed E-state index contributed by atoms with van der Waals surface area (Å²) in [7, 11) is 1.52. The molecule has 0 bridgehead atoms. The third-order valence-corrected chi connectivity index (χ3v) is 2.96. The number of rotatable bonds is 8. The van der Waals surface area contributed by atoms with Crippen LogP contribution in [0.4, 0.5) is 10.5 Å². The first-order valence-electron chi connectivity index (χ1n) is 7.06. The summed E-state index contributed by atoms with van der Waals surface area (Å²) in [6, 6.07) is 4.49. The van der Waals surface area contributed by atoms with Gasteiger partial charge in [-0.05, 0) is 24.1 Å². The van der Waals surface area contributed by atoms with Crippen molar-refractivity contribution in [3.8, 4) is 5.75 Å². The number of benzene rings is 1. The Hall–Kier alpha value is -1.50. The van der Waals surface area contributed by atoms with Crippen LogP contribution in [0.3, 0.4) is 0 Å². The van der Waals surface area contributed by atoms with E-state index in [1.807, 2.05) is 13.8 Å². The molecule has 124 valence electrons. The monoisotopic (exact) mass is 330 g/mol. The maximum atomic E-state index is 11.7. The normalized spacial score (nSPS) is 12.1. The van der Waals surface area contributed by atoms with Crippen LogP contribution < -0.4 is 15.4 Å². The van der Waals surface area contributed by atoms with E-state index in [2.05, 4.69) is 10.6 Å². The predicted octanol–water partition coefficient (Wildman–Crippen LogP) is 2.50. The lowest BCUT2D eigenvalue weighted by molar-refractivity contribution is 0.0274. The van der Waals surface area contributed by atoms with E-state index in [0.717, 1.165) is 0 Å². The van der Waals surface area contributed by atoms with E-state index < -0.39 is 12.1 Å². The molecule has 22 heavy (non-hydrogen) atoms. The van der Waals surface area contributed by atoms with Crippen LogP contribution in [-0.4, -0.2) is 44.1 Å². The largest absolute Gasteiger partial charge is 0.495 e. The van der Waals surface area contributed by atoms with Gasteiger partial charge in [-0.15, -0.1) is 0 Å². The quantitative estimate of drug-likeness (QED) is 0.684. The average molecular weight is 331 g/mol. The fourth-order valence-electron chi connectivity index (χ4n) is 1.63. The second kappa shape index (κ2) is 9.50. The third kappa shape index (κ3) is 6.98. The molecule has 0 aliphatic heterocycles. The minimum Gasteiger partial charge on any atom is -0.495 e. The minimum absolute atomic E-state index is 0.105. The lowest BCUT2D eigenvalue weighted by Gasteiger charge is -2.14. The number of amides is 2. The van der Waals surface area contributed by atoms with Gasteiger partial charge >= 0.3 is 6.03 Å². The van der Waals surface area contributed by atoms with Crippen LogP contribution >= 0.6 is 11.6 Å². The molecule has 7 heteroatoms. The van der Waals surface area contributed by atoms with Crippen molar-refractivity contribution in [1.29, 1.82) is 0 Å². The Kier molecular flexibility index (Phi) is 8.01. The molecule has 0 aliphatic rings. The molecule has 0 heterocycles. The number of ether oxygens (including phenoxy) is 2. The second-order valence-electron chi connectivity index (χ2n) is 5.27. The zero-order valence-electron chi connectivity index (χ0n) is 13.1. The predicted molar refractivity (Wildman–Crippen MR) is 86.7 cm³/mol. The molecule has 1 atom stereocenters. The van der Waals surface area contributed by atoms with Crippen LogP contribution in [0.5, 0.6) is 5.75 Å². The minimum atomic E-state index is -0.746. The van der Waals surface area contributed by atoms with Crippen molar-refractivity contribution in [1.82, 2.24) is 5.32 Å². The molecule has 1 aromatic carbocycles. The van der Waals surface area contributed by atoms with Crippen molar-refractivity contribution in [2.75, 3.05) is 32.2 Å². The van der Waals surface area contributed by atoms with Gasteiger partial charge in [0.15, 0.2) is 0 Å². The second-order valence-corrected chi connectivity index (χ2v) is 5.68. The first-order chi connectivity index (χ1) is 10.4. The van der Waals surface area contributed by atoms with Gasteiger partial charge in [0, 0.05) is 18.8 Å². The van der Waals surface area contributed by atoms with Gasteiger partial charge in [-0.2, -0.15) is 0 Å². The fraction of sp³-hybridized carbons (Fsp3) is 0.533. The summed E-state index contributed by atoms with van der Waals surface area (Å²) in [4.78, 5) is 11.7. The van der Waals surface area contributed by atoms with E-state index in [1.54, 1.807) is 18.2 Å². The molecule has 1 aromatic rings. The van der Waals surface area contributed by atoms with Gasteiger partial charge < -0.3 is 25.2 Å². The smallest absolute Gasteiger partial charge is 0.319 e. The zero-order valence-corrected chi connectivity index (χ0v) is 13.8. The summed E-state index contributed by atoms with van der Waals surface area (Å²) in [5, 5.41) is 15.3. The summed E-state index contributed by atoms with van der Waals surface area (Å²) in [5.41, 5.74) is 0.536. The van der Waals surface area contributed by atoms with Crippen LogP contribution in [0.25, 0.3) is 0 Å². The van der Waals surface area contributed by atoms with Crippen molar-refractivity contribution < 1.29 is 19.4 Å². The van der Waals surface area contributed by atoms with Crippen LogP contribution in [0.15, 0.2) is 18.2 Å². The molecule has 1 rings (SSSR count). The van der Waals surface area contributed by atoms with E-state index >= 15 is 0 Å². The molecule has 0 fully saturated rings. The molecule has 0 aromatic heterocycles. The lowest BCUT2D eigenvalue weighted by atomic mass is 10.2. The van der Waals surface area contributed by atoms with E-state index in [4.69, 9.17) is 21.1 Å². The van der Waals surface area contributed by atoms with E-state index in [0.29, 0.717) is 29.0 Å². The number of aliphatic hydroxyl groups is 1. The Balaban J connectivity index is 2.32. The molecule has 0 saturated heterocycles. The number of urea groups is 1. The highest BCUT2D eigenvalue weighted by atomic mass is 35.5. The van der Waals surface area contributed by atoms with Gasteiger partial charge in [-0.25, -0.2) is 4.79 Å². The number of methoxy groups -OCH3 is 1. The number of anilines is 1. The summed E-state index contributed by atoms with van der Waals surface area (Å²) < 4.78 is 10.3. The van der Waals surface area contributed by atoms with Gasteiger partial charge in [0.2, 0.25) is 0 Å². The zero-order chi connectivity index (χ0) is 16.5. The van der Waals surface area contributed by atoms with Crippen LogP contribution in [0.1, 0.15) is 13.8 Å². The van der Waals surface area contributed by atoms with Crippen LogP contribution in [0, 0.1) is 5.92 Å². The summed E-state index contributed by atoms with van der Waals surface area (Å²) in [6.07, 6.45) is -0.746. The number of carbonyl (C=O) groups excluding carboxylic acids is 1. The van der Waals surface area contributed by atoms with Crippen LogP contribution in [0.2, 0.25) is 5.02 Å². The SMILES string of the molecule is COc1ccc(NC(=O)NCC(O)COCC(C)C)cc1Cl. The van der Waals surface area contributed by atoms with E-state index in [1.165, 1.54) is 7.11 Å². The Labute approximate surface area is 135 Å².